The van der Waals surface area contributed by atoms with Crippen LogP contribution in [-0.2, 0) is 4.74 Å². The van der Waals surface area contributed by atoms with Crippen molar-refractivity contribution in [2.75, 3.05) is 21.3 Å². The number of methoxy groups -OCH3 is 3. The summed E-state index contributed by atoms with van der Waals surface area (Å²) in [5, 5.41) is 0.406. The molecule has 0 fully saturated rings. The van der Waals surface area contributed by atoms with Crippen molar-refractivity contribution in [1.82, 2.24) is 9.97 Å². The number of hydrogen-bond acceptors (Lipinski definition) is 7. The first kappa shape index (κ1) is 18.7. The van der Waals surface area contributed by atoms with E-state index in [0.717, 1.165) is 16.9 Å². The highest BCUT2D eigenvalue weighted by atomic mass is 32.1. The molecule has 3 aromatic rings. The Morgan fingerprint density at radius 1 is 1.15 bits per heavy atom. The van der Waals surface area contributed by atoms with Gasteiger partial charge in [-0.05, 0) is 36.3 Å². The van der Waals surface area contributed by atoms with Gasteiger partial charge in [-0.25, -0.2) is 9.78 Å². The van der Waals surface area contributed by atoms with Crippen molar-refractivity contribution in [2.24, 2.45) is 0 Å². The first-order valence-corrected chi connectivity index (χ1v) is 8.82. The van der Waals surface area contributed by atoms with Gasteiger partial charge < -0.3 is 19.2 Å². The Morgan fingerprint density at radius 3 is 2.56 bits per heavy atom. The van der Waals surface area contributed by atoms with E-state index in [-0.39, 0.29) is 5.56 Å². The second-order valence-corrected chi connectivity index (χ2v) is 6.63. The summed E-state index contributed by atoms with van der Waals surface area (Å²) < 4.78 is 15.3. The van der Waals surface area contributed by atoms with Crippen molar-refractivity contribution in [1.29, 1.82) is 0 Å². The SMILES string of the molecule is COC(=O)c1sc2nc(/C=C/c3ccc(OC)c(OC)c3)[nH]c(=O)c2c1C. The molecule has 0 spiro atoms. The van der Waals surface area contributed by atoms with Crippen LogP contribution in [0.25, 0.3) is 22.4 Å². The molecular formula is C19H18N2O5S. The Morgan fingerprint density at radius 2 is 1.89 bits per heavy atom. The predicted molar refractivity (Wildman–Crippen MR) is 105 cm³/mol. The lowest BCUT2D eigenvalue weighted by Gasteiger charge is -2.07. The number of fused-ring (bicyclic) bond motifs is 1. The summed E-state index contributed by atoms with van der Waals surface area (Å²) in [6, 6.07) is 5.47. The number of rotatable bonds is 5. The molecule has 1 N–H and O–H groups in total. The van der Waals surface area contributed by atoms with Crippen LogP contribution >= 0.6 is 11.3 Å². The van der Waals surface area contributed by atoms with Crippen LogP contribution < -0.4 is 15.0 Å². The lowest BCUT2D eigenvalue weighted by Crippen LogP contribution is -2.09. The van der Waals surface area contributed by atoms with Crippen LogP contribution in [0.4, 0.5) is 0 Å². The molecule has 0 radical (unpaired) electrons. The fourth-order valence-corrected chi connectivity index (χ4v) is 3.77. The molecule has 0 bridgehead atoms. The molecule has 27 heavy (non-hydrogen) atoms. The van der Waals surface area contributed by atoms with E-state index in [1.165, 1.54) is 7.11 Å². The third-order valence-corrected chi connectivity index (χ3v) is 5.20. The quantitative estimate of drug-likeness (QED) is 0.677. The third-order valence-electron chi connectivity index (χ3n) is 4.03. The standard InChI is InChI=1S/C19H18N2O5S/c1-10-15-17(22)20-14(21-18(15)27-16(10)19(23)26-4)8-6-11-5-7-12(24-2)13(9-11)25-3/h5-9H,1-4H3,(H,20,21,22)/b8-6+. The number of carbonyl (C=O) groups is 1. The van der Waals surface area contributed by atoms with E-state index in [0.29, 0.717) is 38.0 Å². The van der Waals surface area contributed by atoms with E-state index in [9.17, 15) is 9.59 Å². The highest BCUT2D eigenvalue weighted by molar-refractivity contribution is 7.20. The van der Waals surface area contributed by atoms with Gasteiger partial charge in [0.1, 0.15) is 15.5 Å². The van der Waals surface area contributed by atoms with E-state index in [2.05, 4.69) is 9.97 Å². The van der Waals surface area contributed by atoms with Gasteiger partial charge in [0, 0.05) is 0 Å². The number of thiophene rings is 1. The number of nitrogens with zero attached hydrogens (tertiary/aromatic N) is 1. The Bertz CT molecular complexity index is 1100. The van der Waals surface area contributed by atoms with E-state index in [1.54, 1.807) is 39.4 Å². The molecule has 2 heterocycles. The Labute approximate surface area is 159 Å². The van der Waals surface area contributed by atoms with Gasteiger partial charge in [-0.15, -0.1) is 11.3 Å². The molecule has 3 rings (SSSR count). The van der Waals surface area contributed by atoms with E-state index in [4.69, 9.17) is 14.2 Å². The van der Waals surface area contributed by atoms with Gasteiger partial charge in [0.05, 0.1) is 26.7 Å². The van der Waals surface area contributed by atoms with Crippen LogP contribution in [0.5, 0.6) is 11.5 Å². The lowest BCUT2D eigenvalue weighted by molar-refractivity contribution is 0.0605. The summed E-state index contributed by atoms with van der Waals surface area (Å²) in [6.45, 7) is 1.71. The molecule has 2 aromatic heterocycles. The third kappa shape index (κ3) is 3.56. The minimum absolute atomic E-state index is 0.295. The molecular weight excluding hydrogens is 368 g/mol. The zero-order valence-corrected chi connectivity index (χ0v) is 16.1. The summed E-state index contributed by atoms with van der Waals surface area (Å²) in [5.41, 5.74) is 1.13. The number of H-pyrrole nitrogens is 1. The molecule has 1 aromatic carbocycles. The molecule has 0 amide bonds. The smallest absolute Gasteiger partial charge is 0.348 e. The molecule has 0 saturated heterocycles. The second kappa shape index (κ2) is 7.63. The topological polar surface area (TPSA) is 90.5 Å². The highest BCUT2D eigenvalue weighted by Gasteiger charge is 2.19. The van der Waals surface area contributed by atoms with E-state index < -0.39 is 5.97 Å². The van der Waals surface area contributed by atoms with Gasteiger partial charge in [-0.3, -0.25) is 4.79 Å². The van der Waals surface area contributed by atoms with Crippen LogP contribution in [-0.4, -0.2) is 37.3 Å². The fourth-order valence-electron chi connectivity index (χ4n) is 2.66. The number of nitrogens with one attached hydrogen (secondary N) is 1. The van der Waals surface area contributed by atoms with Crippen LogP contribution in [0, 0.1) is 6.92 Å². The average molecular weight is 386 g/mol. The van der Waals surface area contributed by atoms with Gasteiger partial charge in [-0.2, -0.15) is 0 Å². The number of esters is 1. The maximum atomic E-state index is 12.4. The van der Waals surface area contributed by atoms with Crippen LogP contribution in [0.2, 0.25) is 0 Å². The number of hydrogen-bond donors (Lipinski definition) is 1. The maximum Gasteiger partial charge on any atom is 0.348 e. The van der Waals surface area contributed by atoms with Crippen LogP contribution in [0.3, 0.4) is 0 Å². The van der Waals surface area contributed by atoms with Gasteiger partial charge in [0.2, 0.25) is 0 Å². The van der Waals surface area contributed by atoms with E-state index >= 15 is 0 Å². The number of benzene rings is 1. The summed E-state index contributed by atoms with van der Waals surface area (Å²) >= 11 is 1.14. The fraction of sp³-hybridized carbons (Fsp3) is 0.211. The molecule has 0 atom stereocenters. The summed E-state index contributed by atoms with van der Waals surface area (Å²) in [7, 11) is 4.44. The zero-order chi connectivity index (χ0) is 19.6. The number of carbonyl (C=O) groups excluding carboxylic acids is 1. The normalized spacial score (nSPS) is 11.1. The summed E-state index contributed by atoms with van der Waals surface area (Å²) in [5.74, 6) is 1.15. The Hall–Kier alpha value is -3.13. The second-order valence-electron chi connectivity index (χ2n) is 5.63. The molecule has 140 valence electrons. The summed E-state index contributed by atoms with van der Waals surface area (Å²) in [6.07, 6.45) is 3.49. The minimum Gasteiger partial charge on any atom is -0.493 e. The average Bonchev–Trinajstić information content (AvgIpc) is 3.02. The first-order valence-electron chi connectivity index (χ1n) is 8.00. The Kier molecular flexibility index (Phi) is 5.27. The molecule has 0 aliphatic carbocycles. The monoisotopic (exact) mass is 386 g/mol. The number of aryl methyl sites for hydroxylation is 1. The predicted octanol–water partition coefficient (Wildman–Crippen LogP) is 3.27. The highest BCUT2D eigenvalue weighted by Crippen LogP contribution is 2.29. The first-order chi connectivity index (χ1) is 13.0. The molecule has 0 aliphatic heterocycles. The van der Waals surface area contributed by atoms with Crippen molar-refractivity contribution in [3.05, 3.63) is 50.4 Å². The van der Waals surface area contributed by atoms with Crippen molar-refractivity contribution in [2.45, 2.75) is 6.92 Å². The maximum absolute atomic E-state index is 12.4. The zero-order valence-electron chi connectivity index (χ0n) is 15.3. The molecule has 0 saturated carbocycles. The molecule has 0 unspecified atom stereocenters. The number of aromatic nitrogens is 2. The molecule has 8 heteroatoms. The number of aromatic amines is 1. The summed E-state index contributed by atoms with van der Waals surface area (Å²) in [4.78, 5) is 32.3. The largest absolute Gasteiger partial charge is 0.493 e. The Balaban J connectivity index is 1.99. The van der Waals surface area contributed by atoms with Gasteiger partial charge in [0.15, 0.2) is 11.5 Å². The molecule has 7 nitrogen and oxygen atoms in total. The number of ether oxygens (including phenoxy) is 3. The van der Waals surface area contributed by atoms with Gasteiger partial charge >= 0.3 is 5.97 Å². The van der Waals surface area contributed by atoms with Crippen LogP contribution in [0.15, 0.2) is 23.0 Å². The van der Waals surface area contributed by atoms with Crippen LogP contribution in [0.1, 0.15) is 26.6 Å². The van der Waals surface area contributed by atoms with Crippen molar-refractivity contribution in [3.8, 4) is 11.5 Å². The van der Waals surface area contributed by atoms with Crippen molar-refractivity contribution in [3.63, 3.8) is 0 Å². The van der Waals surface area contributed by atoms with Crippen molar-refractivity contribution >= 4 is 39.7 Å². The van der Waals surface area contributed by atoms with Gasteiger partial charge in [-0.1, -0.05) is 12.1 Å². The minimum atomic E-state index is -0.475. The lowest BCUT2D eigenvalue weighted by atomic mass is 10.2. The van der Waals surface area contributed by atoms with Crippen molar-refractivity contribution < 1.29 is 19.0 Å². The van der Waals surface area contributed by atoms with Gasteiger partial charge in [0.25, 0.3) is 5.56 Å². The van der Waals surface area contributed by atoms with E-state index in [1.807, 2.05) is 12.1 Å². The molecule has 0 aliphatic rings.